The number of halogens is 3. The van der Waals surface area contributed by atoms with Gasteiger partial charge in [-0.1, -0.05) is 12.1 Å². The molecule has 1 heterocycles. The Kier molecular flexibility index (Phi) is 4.28. The van der Waals surface area contributed by atoms with Crippen molar-refractivity contribution in [3.63, 3.8) is 0 Å². The molecule has 1 N–H and O–H groups in total. The van der Waals surface area contributed by atoms with Crippen molar-refractivity contribution in [3.05, 3.63) is 28.8 Å². The Morgan fingerprint density at radius 1 is 1.25 bits per heavy atom. The van der Waals surface area contributed by atoms with Gasteiger partial charge in [-0.05, 0) is 44.4 Å². The highest BCUT2D eigenvalue weighted by Gasteiger charge is 2.46. The zero-order valence-corrected chi connectivity index (χ0v) is 12.0. The van der Waals surface area contributed by atoms with Crippen LogP contribution in [0.1, 0.15) is 35.6 Å². The van der Waals surface area contributed by atoms with Crippen molar-refractivity contribution in [3.8, 4) is 5.75 Å². The van der Waals surface area contributed by atoms with Crippen LogP contribution in [0.3, 0.4) is 0 Å². The molecular formula is C15H20F3NO. The van der Waals surface area contributed by atoms with Gasteiger partial charge >= 0.3 is 6.18 Å². The van der Waals surface area contributed by atoms with E-state index in [1.165, 1.54) is 7.11 Å². The Hall–Kier alpha value is -1.23. The highest BCUT2D eigenvalue weighted by Crippen LogP contribution is 2.44. The number of hydrogen-bond acceptors (Lipinski definition) is 2. The molecule has 0 aromatic heterocycles. The van der Waals surface area contributed by atoms with Gasteiger partial charge in [0.25, 0.3) is 0 Å². The molecule has 0 spiro atoms. The van der Waals surface area contributed by atoms with Crippen LogP contribution in [0.2, 0.25) is 0 Å². The smallest absolute Gasteiger partial charge is 0.393 e. The van der Waals surface area contributed by atoms with E-state index >= 15 is 0 Å². The summed E-state index contributed by atoms with van der Waals surface area (Å²) in [6, 6.07) is 2.89. The fourth-order valence-electron chi connectivity index (χ4n) is 2.89. The average molecular weight is 287 g/mol. The van der Waals surface area contributed by atoms with E-state index in [1.54, 1.807) is 6.07 Å². The minimum Gasteiger partial charge on any atom is -0.496 e. The van der Waals surface area contributed by atoms with Crippen LogP contribution < -0.4 is 10.1 Å². The molecule has 5 heteroatoms. The van der Waals surface area contributed by atoms with E-state index in [1.807, 2.05) is 19.9 Å². The fraction of sp³-hybridized carbons (Fsp3) is 0.600. The molecule has 2 unspecified atom stereocenters. The molecule has 2 rings (SSSR count). The second-order valence-corrected chi connectivity index (χ2v) is 5.35. The third kappa shape index (κ3) is 2.77. The summed E-state index contributed by atoms with van der Waals surface area (Å²) in [7, 11) is 1.51. The van der Waals surface area contributed by atoms with Crippen molar-refractivity contribution >= 4 is 0 Å². The fourth-order valence-corrected chi connectivity index (χ4v) is 2.89. The molecule has 0 radical (unpaired) electrons. The van der Waals surface area contributed by atoms with Crippen molar-refractivity contribution in [1.82, 2.24) is 5.32 Å². The van der Waals surface area contributed by atoms with E-state index < -0.39 is 18.1 Å². The van der Waals surface area contributed by atoms with Crippen LogP contribution in [-0.4, -0.2) is 19.8 Å². The SMILES string of the molecule is COc1c(C2NCCCC2C(F)(F)F)ccc(C)c1C. The average Bonchev–Trinajstić information content (AvgIpc) is 2.40. The number of aryl methyl sites for hydroxylation is 1. The normalized spacial score (nSPS) is 23.7. The monoisotopic (exact) mass is 287 g/mol. The Bertz CT molecular complexity index is 485. The minimum absolute atomic E-state index is 0.164. The lowest BCUT2D eigenvalue weighted by atomic mass is 9.84. The maximum absolute atomic E-state index is 13.2. The van der Waals surface area contributed by atoms with E-state index in [0.29, 0.717) is 24.3 Å². The van der Waals surface area contributed by atoms with Gasteiger partial charge in [0.2, 0.25) is 0 Å². The lowest BCUT2D eigenvalue weighted by molar-refractivity contribution is -0.189. The van der Waals surface area contributed by atoms with E-state index in [-0.39, 0.29) is 6.42 Å². The van der Waals surface area contributed by atoms with Crippen LogP contribution in [0, 0.1) is 19.8 Å². The summed E-state index contributed by atoms with van der Waals surface area (Å²) in [5.41, 5.74) is 2.53. The molecule has 1 fully saturated rings. The number of piperidine rings is 1. The number of nitrogens with one attached hydrogen (secondary N) is 1. The number of benzene rings is 1. The van der Waals surface area contributed by atoms with Crippen molar-refractivity contribution < 1.29 is 17.9 Å². The van der Waals surface area contributed by atoms with Crippen LogP contribution in [0.5, 0.6) is 5.75 Å². The van der Waals surface area contributed by atoms with Crippen molar-refractivity contribution in [2.45, 2.75) is 38.9 Å². The molecule has 1 aromatic carbocycles. The number of ether oxygens (including phenoxy) is 1. The molecule has 20 heavy (non-hydrogen) atoms. The topological polar surface area (TPSA) is 21.3 Å². The van der Waals surface area contributed by atoms with Gasteiger partial charge in [0.1, 0.15) is 5.75 Å². The third-order valence-corrected chi connectivity index (χ3v) is 4.13. The van der Waals surface area contributed by atoms with Crippen molar-refractivity contribution in [2.75, 3.05) is 13.7 Å². The summed E-state index contributed by atoms with van der Waals surface area (Å²) < 4.78 is 45.0. The summed E-state index contributed by atoms with van der Waals surface area (Å²) in [6.45, 7) is 4.41. The molecular weight excluding hydrogens is 267 g/mol. The lowest BCUT2D eigenvalue weighted by Gasteiger charge is -2.35. The molecule has 1 aliphatic heterocycles. The molecule has 2 nitrogen and oxygen atoms in total. The molecule has 1 aromatic rings. The first-order chi connectivity index (χ1) is 9.36. The largest absolute Gasteiger partial charge is 0.496 e. The van der Waals surface area contributed by atoms with Crippen molar-refractivity contribution in [2.24, 2.45) is 5.92 Å². The van der Waals surface area contributed by atoms with Crippen LogP contribution in [0.15, 0.2) is 12.1 Å². The quantitative estimate of drug-likeness (QED) is 0.890. The van der Waals surface area contributed by atoms with Crippen molar-refractivity contribution in [1.29, 1.82) is 0 Å². The highest BCUT2D eigenvalue weighted by molar-refractivity contribution is 5.47. The lowest BCUT2D eigenvalue weighted by Crippen LogP contribution is -2.41. The number of alkyl halides is 3. The molecule has 1 aliphatic rings. The van der Waals surface area contributed by atoms with E-state index in [2.05, 4.69) is 5.32 Å². The Morgan fingerprint density at radius 2 is 1.95 bits per heavy atom. The zero-order valence-electron chi connectivity index (χ0n) is 12.0. The van der Waals surface area contributed by atoms with Gasteiger partial charge in [-0.15, -0.1) is 0 Å². The summed E-state index contributed by atoms with van der Waals surface area (Å²) in [4.78, 5) is 0. The van der Waals surface area contributed by atoms with Gasteiger partial charge in [-0.2, -0.15) is 13.2 Å². The van der Waals surface area contributed by atoms with Crippen LogP contribution in [-0.2, 0) is 0 Å². The highest BCUT2D eigenvalue weighted by atomic mass is 19.4. The van der Waals surface area contributed by atoms with Gasteiger partial charge in [0.15, 0.2) is 0 Å². The molecule has 112 valence electrons. The van der Waals surface area contributed by atoms with Crippen LogP contribution in [0.4, 0.5) is 13.2 Å². The predicted octanol–water partition coefficient (Wildman–Crippen LogP) is 3.92. The maximum Gasteiger partial charge on any atom is 0.393 e. The number of methoxy groups -OCH3 is 1. The number of hydrogen-bond donors (Lipinski definition) is 1. The van der Waals surface area contributed by atoms with Crippen LogP contribution in [0.25, 0.3) is 0 Å². The second-order valence-electron chi connectivity index (χ2n) is 5.35. The summed E-state index contributed by atoms with van der Waals surface area (Å²) in [6.07, 6.45) is -3.48. The van der Waals surface area contributed by atoms with E-state index in [9.17, 15) is 13.2 Å². The molecule has 0 amide bonds. The standard InChI is InChI=1S/C15H20F3NO/c1-9-6-7-11(14(20-3)10(9)2)13-12(15(16,17)18)5-4-8-19-13/h6-7,12-13,19H,4-5,8H2,1-3H3. The van der Waals surface area contributed by atoms with Gasteiger partial charge in [0, 0.05) is 11.6 Å². The predicted molar refractivity (Wildman–Crippen MR) is 72.0 cm³/mol. The van der Waals surface area contributed by atoms with Gasteiger partial charge in [-0.25, -0.2) is 0 Å². The second kappa shape index (κ2) is 5.64. The van der Waals surface area contributed by atoms with Gasteiger partial charge in [0.05, 0.1) is 13.0 Å². The zero-order chi connectivity index (χ0) is 14.9. The minimum atomic E-state index is -4.19. The Labute approximate surface area is 117 Å². The van der Waals surface area contributed by atoms with Crippen LogP contribution >= 0.6 is 0 Å². The van der Waals surface area contributed by atoms with Gasteiger partial charge in [-0.3, -0.25) is 0 Å². The summed E-state index contributed by atoms with van der Waals surface area (Å²) in [5.74, 6) is -0.786. The Morgan fingerprint density at radius 3 is 2.55 bits per heavy atom. The number of rotatable bonds is 2. The molecule has 2 atom stereocenters. The first kappa shape index (κ1) is 15.2. The molecule has 0 bridgehead atoms. The maximum atomic E-state index is 13.2. The first-order valence-electron chi connectivity index (χ1n) is 6.80. The van der Waals surface area contributed by atoms with E-state index in [0.717, 1.165) is 11.1 Å². The van der Waals surface area contributed by atoms with Gasteiger partial charge < -0.3 is 10.1 Å². The first-order valence-corrected chi connectivity index (χ1v) is 6.80. The summed E-state index contributed by atoms with van der Waals surface area (Å²) in [5, 5.41) is 3.01. The molecule has 0 aliphatic carbocycles. The summed E-state index contributed by atoms with van der Waals surface area (Å²) >= 11 is 0. The Balaban J connectivity index is 2.45. The molecule has 1 saturated heterocycles. The van der Waals surface area contributed by atoms with E-state index in [4.69, 9.17) is 4.74 Å². The molecule has 0 saturated carbocycles. The third-order valence-electron chi connectivity index (χ3n) is 4.13.